The van der Waals surface area contributed by atoms with Crippen molar-refractivity contribution in [2.45, 2.75) is 39.3 Å². The van der Waals surface area contributed by atoms with E-state index in [0.717, 1.165) is 55.2 Å². The third kappa shape index (κ3) is 5.07. The summed E-state index contributed by atoms with van der Waals surface area (Å²) in [7, 11) is 0. The van der Waals surface area contributed by atoms with Gasteiger partial charge < -0.3 is 10.6 Å². The van der Waals surface area contributed by atoms with Gasteiger partial charge in [0.1, 0.15) is 0 Å². The predicted molar refractivity (Wildman–Crippen MR) is 120 cm³/mol. The number of benzene rings is 2. The second-order valence-electron chi connectivity index (χ2n) is 8.02. The van der Waals surface area contributed by atoms with Crippen molar-refractivity contribution in [1.29, 1.82) is 0 Å². The summed E-state index contributed by atoms with van der Waals surface area (Å²) < 4.78 is 1.89. The molecule has 4 rings (SSSR count). The number of hydrogen-bond donors (Lipinski definition) is 2. The highest BCUT2D eigenvalue weighted by atomic mass is 16.2. The molecular weight excluding hydrogens is 374 g/mol. The van der Waals surface area contributed by atoms with Crippen LogP contribution in [0.2, 0.25) is 0 Å². The molecule has 6 heteroatoms. The zero-order valence-corrected chi connectivity index (χ0v) is 17.6. The summed E-state index contributed by atoms with van der Waals surface area (Å²) in [5, 5.41) is 10.6. The molecule has 156 valence electrons. The van der Waals surface area contributed by atoms with E-state index in [4.69, 9.17) is 0 Å². The number of piperidine rings is 1. The molecule has 0 atom stereocenters. The van der Waals surface area contributed by atoms with Gasteiger partial charge in [-0.25, -0.2) is 9.48 Å². The summed E-state index contributed by atoms with van der Waals surface area (Å²) in [5.74, 6) is 0. The first-order valence-corrected chi connectivity index (χ1v) is 10.5. The van der Waals surface area contributed by atoms with Crippen LogP contribution in [0.15, 0.2) is 60.7 Å². The lowest BCUT2D eigenvalue weighted by Gasteiger charge is -2.32. The molecule has 6 nitrogen and oxygen atoms in total. The Morgan fingerprint density at radius 1 is 1.03 bits per heavy atom. The molecular formula is C24H29N5O. The number of aryl methyl sites for hydroxylation is 2. The maximum atomic E-state index is 12.5. The molecule has 2 amide bonds. The van der Waals surface area contributed by atoms with E-state index in [9.17, 15) is 4.79 Å². The van der Waals surface area contributed by atoms with Crippen LogP contribution < -0.4 is 10.6 Å². The molecule has 2 heterocycles. The Bertz CT molecular complexity index is 990. The summed E-state index contributed by atoms with van der Waals surface area (Å²) >= 11 is 0. The highest BCUT2D eigenvalue weighted by molar-refractivity contribution is 5.89. The lowest BCUT2D eigenvalue weighted by atomic mass is 10.0. The van der Waals surface area contributed by atoms with E-state index in [1.807, 2.05) is 54.9 Å². The number of anilines is 1. The molecule has 1 saturated heterocycles. The van der Waals surface area contributed by atoms with Crippen molar-refractivity contribution in [3.63, 3.8) is 0 Å². The van der Waals surface area contributed by atoms with Gasteiger partial charge in [-0.15, -0.1) is 0 Å². The molecule has 0 spiro atoms. The van der Waals surface area contributed by atoms with Crippen molar-refractivity contribution in [1.82, 2.24) is 20.0 Å². The number of carbonyl (C=O) groups is 1. The van der Waals surface area contributed by atoms with E-state index < -0.39 is 0 Å². The van der Waals surface area contributed by atoms with E-state index >= 15 is 0 Å². The average molecular weight is 404 g/mol. The van der Waals surface area contributed by atoms with Crippen LogP contribution in [-0.4, -0.2) is 39.8 Å². The monoisotopic (exact) mass is 403 g/mol. The molecule has 1 aromatic heterocycles. The largest absolute Gasteiger partial charge is 0.335 e. The van der Waals surface area contributed by atoms with Crippen LogP contribution in [0.25, 0.3) is 5.69 Å². The summed E-state index contributed by atoms with van der Waals surface area (Å²) in [6, 6.07) is 20.4. The van der Waals surface area contributed by atoms with Gasteiger partial charge in [0.25, 0.3) is 0 Å². The van der Waals surface area contributed by atoms with Gasteiger partial charge in [0.2, 0.25) is 0 Å². The molecule has 0 saturated carbocycles. The Morgan fingerprint density at radius 2 is 1.80 bits per heavy atom. The average Bonchev–Trinajstić information content (AvgIpc) is 3.08. The van der Waals surface area contributed by atoms with E-state index in [2.05, 4.69) is 44.9 Å². The third-order valence-corrected chi connectivity index (χ3v) is 5.53. The lowest BCUT2D eigenvalue weighted by Crippen LogP contribution is -2.45. The SMILES string of the molecule is Cc1cc(C)n(-c2cccc(NC(=O)NC3CCN(Cc4ccccc4)CC3)c2)n1. The standard InChI is InChI=1S/C24H29N5O/c1-18-15-19(2)29(27-18)23-10-6-9-22(16-23)26-24(30)25-21-11-13-28(14-12-21)17-20-7-4-3-5-8-20/h3-10,15-16,21H,11-14,17H2,1-2H3,(H2,25,26,30). The fourth-order valence-corrected chi connectivity index (χ4v) is 4.04. The summed E-state index contributed by atoms with van der Waals surface area (Å²) in [6.07, 6.45) is 1.93. The Morgan fingerprint density at radius 3 is 2.50 bits per heavy atom. The maximum absolute atomic E-state index is 12.5. The topological polar surface area (TPSA) is 62.2 Å². The van der Waals surface area contributed by atoms with Crippen LogP contribution in [0.4, 0.5) is 10.5 Å². The highest BCUT2D eigenvalue weighted by Gasteiger charge is 2.20. The van der Waals surface area contributed by atoms with Crippen molar-refractivity contribution in [3.05, 3.63) is 77.6 Å². The molecule has 2 aromatic carbocycles. The minimum absolute atomic E-state index is 0.151. The Hall–Kier alpha value is -3.12. The van der Waals surface area contributed by atoms with E-state index in [1.54, 1.807) is 0 Å². The maximum Gasteiger partial charge on any atom is 0.319 e. The van der Waals surface area contributed by atoms with Crippen molar-refractivity contribution in [2.75, 3.05) is 18.4 Å². The molecule has 1 fully saturated rings. The number of amides is 2. The molecule has 0 radical (unpaired) electrons. The van der Waals surface area contributed by atoms with Crippen LogP contribution in [0, 0.1) is 13.8 Å². The van der Waals surface area contributed by atoms with Gasteiger partial charge >= 0.3 is 6.03 Å². The number of urea groups is 1. The fraction of sp³-hybridized carbons (Fsp3) is 0.333. The summed E-state index contributed by atoms with van der Waals surface area (Å²) in [4.78, 5) is 15.0. The fourth-order valence-electron chi connectivity index (χ4n) is 4.04. The van der Waals surface area contributed by atoms with Gasteiger partial charge in [-0.2, -0.15) is 5.10 Å². The molecule has 0 aliphatic carbocycles. The minimum Gasteiger partial charge on any atom is -0.335 e. The van der Waals surface area contributed by atoms with Crippen molar-refractivity contribution >= 4 is 11.7 Å². The number of nitrogens with zero attached hydrogens (tertiary/aromatic N) is 3. The number of carbonyl (C=O) groups excluding carboxylic acids is 1. The Kier molecular flexibility index (Phi) is 6.14. The van der Waals surface area contributed by atoms with Crippen LogP contribution in [0.3, 0.4) is 0 Å². The van der Waals surface area contributed by atoms with Crippen LogP contribution in [-0.2, 0) is 6.54 Å². The van der Waals surface area contributed by atoms with Gasteiger partial charge in [0.15, 0.2) is 0 Å². The third-order valence-electron chi connectivity index (χ3n) is 5.53. The predicted octanol–water partition coefficient (Wildman–Crippen LogP) is 4.28. The summed E-state index contributed by atoms with van der Waals surface area (Å²) in [6.45, 7) is 6.96. The number of nitrogens with one attached hydrogen (secondary N) is 2. The number of rotatable bonds is 5. The van der Waals surface area contributed by atoms with Crippen LogP contribution in [0.1, 0.15) is 29.8 Å². The zero-order valence-electron chi connectivity index (χ0n) is 17.6. The van der Waals surface area contributed by atoms with Gasteiger partial charge in [-0.05, 0) is 56.5 Å². The van der Waals surface area contributed by atoms with Crippen molar-refractivity contribution in [2.24, 2.45) is 0 Å². The smallest absolute Gasteiger partial charge is 0.319 e. The van der Waals surface area contributed by atoms with Gasteiger partial charge in [-0.3, -0.25) is 4.90 Å². The molecule has 2 N–H and O–H groups in total. The molecule has 30 heavy (non-hydrogen) atoms. The molecule has 1 aliphatic heterocycles. The first-order valence-electron chi connectivity index (χ1n) is 10.5. The minimum atomic E-state index is -0.151. The molecule has 0 unspecified atom stereocenters. The number of hydrogen-bond acceptors (Lipinski definition) is 3. The molecule has 3 aromatic rings. The summed E-state index contributed by atoms with van der Waals surface area (Å²) in [5.41, 5.74) is 5.08. The quantitative estimate of drug-likeness (QED) is 0.669. The molecule has 1 aliphatic rings. The van der Waals surface area contributed by atoms with Crippen LogP contribution in [0.5, 0.6) is 0 Å². The first kappa shape index (κ1) is 20.2. The number of aromatic nitrogens is 2. The second kappa shape index (κ2) is 9.13. The molecule has 0 bridgehead atoms. The Labute approximate surface area is 177 Å². The zero-order chi connectivity index (χ0) is 20.9. The van der Waals surface area contributed by atoms with E-state index in [0.29, 0.717) is 0 Å². The normalized spacial score (nSPS) is 15.1. The van der Waals surface area contributed by atoms with Crippen molar-refractivity contribution < 1.29 is 4.79 Å². The highest BCUT2D eigenvalue weighted by Crippen LogP contribution is 2.18. The van der Waals surface area contributed by atoms with Crippen LogP contribution >= 0.6 is 0 Å². The van der Waals surface area contributed by atoms with Gasteiger partial charge in [-0.1, -0.05) is 36.4 Å². The van der Waals surface area contributed by atoms with Gasteiger partial charge in [0.05, 0.1) is 11.4 Å². The van der Waals surface area contributed by atoms with Crippen molar-refractivity contribution in [3.8, 4) is 5.69 Å². The Balaban J connectivity index is 1.28. The van der Waals surface area contributed by atoms with E-state index in [-0.39, 0.29) is 12.1 Å². The lowest BCUT2D eigenvalue weighted by molar-refractivity contribution is 0.190. The van der Waals surface area contributed by atoms with Gasteiger partial charge in [0, 0.05) is 37.1 Å². The first-order chi connectivity index (χ1) is 14.6. The van der Waals surface area contributed by atoms with E-state index in [1.165, 1.54) is 5.56 Å². The second-order valence-corrected chi connectivity index (χ2v) is 8.02. The number of likely N-dealkylation sites (tertiary alicyclic amines) is 1.